The molecule has 32 heavy (non-hydrogen) atoms. The van der Waals surface area contributed by atoms with Crippen LogP contribution in [0.1, 0.15) is 52.0 Å². The maximum absolute atomic E-state index is 12.4. The van der Waals surface area contributed by atoms with Crippen LogP contribution in [0.25, 0.3) is 21.5 Å². The van der Waals surface area contributed by atoms with Gasteiger partial charge in [-0.05, 0) is 31.2 Å². The fraction of sp³-hybridized carbons (Fsp3) is 0.385. The van der Waals surface area contributed by atoms with Gasteiger partial charge in [0.05, 0.1) is 13.2 Å². The van der Waals surface area contributed by atoms with Crippen molar-refractivity contribution in [1.29, 1.82) is 0 Å². The van der Waals surface area contributed by atoms with E-state index in [1.165, 1.54) is 0 Å². The van der Waals surface area contributed by atoms with E-state index >= 15 is 0 Å². The van der Waals surface area contributed by atoms with Crippen molar-refractivity contribution in [2.45, 2.75) is 52.9 Å². The van der Waals surface area contributed by atoms with Crippen molar-refractivity contribution in [3.63, 3.8) is 0 Å². The summed E-state index contributed by atoms with van der Waals surface area (Å²) in [7, 11) is 0. The molecule has 3 aromatic carbocycles. The molecular weight excluding hydrogens is 408 g/mol. The molecule has 0 amide bonds. The minimum atomic E-state index is -0.756. The SMILES string of the molecule is CCCCc1cccc2c(OC(=O)OCCC)c3ccccc3c(OC(=O)OCCC)c12. The maximum Gasteiger partial charge on any atom is 0.513 e. The Bertz CT molecular complexity index is 1090. The van der Waals surface area contributed by atoms with Crippen LogP contribution in [0.2, 0.25) is 0 Å². The number of carbonyl (C=O) groups excluding carboxylic acids is 2. The van der Waals surface area contributed by atoms with Gasteiger partial charge in [-0.15, -0.1) is 0 Å². The average Bonchev–Trinajstić information content (AvgIpc) is 2.81. The molecule has 0 aromatic heterocycles. The molecule has 3 aromatic rings. The highest BCUT2D eigenvalue weighted by molar-refractivity contribution is 6.13. The second-order valence-electron chi connectivity index (χ2n) is 7.55. The number of unbranched alkanes of at least 4 members (excludes halogenated alkanes) is 1. The first-order valence-corrected chi connectivity index (χ1v) is 11.3. The van der Waals surface area contributed by atoms with Crippen LogP contribution in [0.3, 0.4) is 0 Å². The molecule has 0 fully saturated rings. The van der Waals surface area contributed by atoms with Crippen LogP contribution >= 0.6 is 0 Å². The van der Waals surface area contributed by atoms with Crippen LogP contribution in [0.5, 0.6) is 11.5 Å². The highest BCUT2D eigenvalue weighted by Gasteiger charge is 2.22. The van der Waals surface area contributed by atoms with Crippen molar-refractivity contribution in [2.75, 3.05) is 13.2 Å². The Morgan fingerprint density at radius 3 is 1.84 bits per heavy atom. The van der Waals surface area contributed by atoms with Crippen molar-refractivity contribution < 1.29 is 28.5 Å². The van der Waals surface area contributed by atoms with Gasteiger partial charge in [0, 0.05) is 21.5 Å². The first kappa shape index (κ1) is 23.4. The van der Waals surface area contributed by atoms with Crippen molar-refractivity contribution >= 4 is 33.9 Å². The van der Waals surface area contributed by atoms with Gasteiger partial charge in [-0.1, -0.05) is 69.7 Å². The van der Waals surface area contributed by atoms with Crippen LogP contribution in [0.15, 0.2) is 42.5 Å². The summed E-state index contributed by atoms with van der Waals surface area (Å²) in [6.45, 7) is 6.52. The average molecular weight is 439 g/mol. The molecule has 6 nitrogen and oxygen atoms in total. The Morgan fingerprint density at radius 2 is 1.25 bits per heavy atom. The molecule has 0 radical (unpaired) electrons. The van der Waals surface area contributed by atoms with E-state index in [-0.39, 0.29) is 13.2 Å². The van der Waals surface area contributed by atoms with Crippen LogP contribution in [-0.4, -0.2) is 25.5 Å². The molecule has 6 heteroatoms. The molecule has 3 rings (SSSR count). The number of benzene rings is 3. The molecule has 0 unspecified atom stereocenters. The summed E-state index contributed by atoms with van der Waals surface area (Å²) in [5, 5.41) is 2.74. The van der Waals surface area contributed by atoms with Crippen molar-refractivity contribution in [3.05, 3.63) is 48.0 Å². The van der Waals surface area contributed by atoms with Gasteiger partial charge in [0.15, 0.2) is 5.75 Å². The van der Waals surface area contributed by atoms with E-state index in [9.17, 15) is 9.59 Å². The molecule has 0 spiro atoms. The summed E-state index contributed by atoms with van der Waals surface area (Å²) >= 11 is 0. The predicted octanol–water partition coefficient (Wildman–Crippen LogP) is 7.19. The minimum absolute atomic E-state index is 0.279. The van der Waals surface area contributed by atoms with Gasteiger partial charge in [0.25, 0.3) is 0 Å². The van der Waals surface area contributed by atoms with Crippen molar-refractivity contribution in [2.24, 2.45) is 0 Å². The Kier molecular flexibility index (Phi) is 8.31. The summed E-state index contributed by atoms with van der Waals surface area (Å²) in [4.78, 5) is 24.8. The Balaban J connectivity index is 2.23. The molecule has 170 valence electrons. The molecule has 0 saturated heterocycles. The van der Waals surface area contributed by atoms with E-state index in [2.05, 4.69) is 6.92 Å². The lowest BCUT2D eigenvalue weighted by Crippen LogP contribution is -2.14. The molecular formula is C26H30O6. The largest absolute Gasteiger partial charge is 0.513 e. The van der Waals surface area contributed by atoms with E-state index < -0.39 is 12.3 Å². The number of ether oxygens (including phenoxy) is 4. The summed E-state index contributed by atoms with van der Waals surface area (Å²) in [6, 6.07) is 13.2. The van der Waals surface area contributed by atoms with E-state index in [4.69, 9.17) is 18.9 Å². The van der Waals surface area contributed by atoms with Gasteiger partial charge in [-0.2, -0.15) is 0 Å². The predicted molar refractivity (Wildman–Crippen MR) is 125 cm³/mol. The number of fused-ring (bicyclic) bond motifs is 2. The monoisotopic (exact) mass is 438 g/mol. The zero-order valence-electron chi connectivity index (χ0n) is 18.9. The lowest BCUT2D eigenvalue weighted by molar-refractivity contribution is 0.0984. The highest BCUT2D eigenvalue weighted by Crippen LogP contribution is 2.44. The van der Waals surface area contributed by atoms with Crippen LogP contribution in [0, 0.1) is 0 Å². The standard InChI is InChI=1S/C26H30O6/c1-4-7-11-18-12-10-15-21-22(18)24(32-26(28)30-17-6-3)20-14-9-8-13-19(20)23(21)31-25(27)29-16-5-2/h8-10,12-15H,4-7,11,16-17H2,1-3H3. The zero-order valence-corrected chi connectivity index (χ0v) is 18.9. The molecule has 0 heterocycles. The third-order valence-corrected chi connectivity index (χ3v) is 5.06. The first-order chi connectivity index (χ1) is 15.6. The number of hydrogen-bond donors (Lipinski definition) is 0. The van der Waals surface area contributed by atoms with Gasteiger partial charge < -0.3 is 18.9 Å². The van der Waals surface area contributed by atoms with Crippen LogP contribution < -0.4 is 9.47 Å². The summed E-state index contributed by atoms with van der Waals surface area (Å²) < 4.78 is 21.8. The quantitative estimate of drug-likeness (QED) is 0.200. The Labute approximate surface area is 188 Å². The van der Waals surface area contributed by atoms with Crippen molar-refractivity contribution in [1.82, 2.24) is 0 Å². The smallest absolute Gasteiger partial charge is 0.434 e. The van der Waals surface area contributed by atoms with Crippen LogP contribution in [0.4, 0.5) is 9.59 Å². The third-order valence-electron chi connectivity index (χ3n) is 5.06. The molecule has 0 bridgehead atoms. The van der Waals surface area contributed by atoms with Gasteiger partial charge >= 0.3 is 12.3 Å². The van der Waals surface area contributed by atoms with E-state index in [1.54, 1.807) is 0 Å². The second-order valence-corrected chi connectivity index (χ2v) is 7.55. The Morgan fingerprint density at radius 1 is 0.688 bits per heavy atom. The minimum Gasteiger partial charge on any atom is -0.434 e. The number of carbonyl (C=O) groups is 2. The summed E-state index contributed by atoms with van der Waals surface area (Å²) in [5.41, 5.74) is 1.01. The zero-order chi connectivity index (χ0) is 22.9. The number of aryl methyl sites for hydroxylation is 1. The normalized spacial score (nSPS) is 10.8. The topological polar surface area (TPSA) is 71.1 Å². The molecule has 0 aliphatic rings. The molecule has 0 atom stereocenters. The van der Waals surface area contributed by atoms with E-state index in [0.717, 1.165) is 30.2 Å². The fourth-order valence-corrected chi connectivity index (χ4v) is 3.60. The van der Waals surface area contributed by atoms with E-state index in [0.29, 0.717) is 40.5 Å². The van der Waals surface area contributed by atoms with Gasteiger partial charge in [0.1, 0.15) is 5.75 Å². The lowest BCUT2D eigenvalue weighted by Gasteiger charge is -2.18. The molecule has 0 N–H and O–H groups in total. The maximum atomic E-state index is 12.4. The lowest BCUT2D eigenvalue weighted by atomic mass is 9.94. The fourth-order valence-electron chi connectivity index (χ4n) is 3.60. The Hall–Kier alpha value is -3.28. The van der Waals surface area contributed by atoms with E-state index in [1.807, 2.05) is 56.3 Å². The molecule has 0 aliphatic carbocycles. The number of hydrogen-bond acceptors (Lipinski definition) is 6. The highest BCUT2D eigenvalue weighted by atomic mass is 16.7. The molecule has 0 saturated carbocycles. The second kappa shape index (κ2) is 11.4. The molecule has 0 aliphatic heterocycles. The summed E-state index contributed by atoms with van der Waals surface area (Å²) in [6.07, 6.45) is 2.68. The van der Waals surface area contributed by atoms with Crippen LogP contribution in [-0.2, 0) is 15.9 Å². The van der Waals surface area contributed by atoms with Gasteiger partial charge in [-0.3, -0.25) is 0 Å². The van der Waals surface area contributed by atoms with Gasteiger partial charge in [0.2, 0.25) is 0 Å². The third kappa shape index (κ3) is 5.31. The number of rotatable bonds is 9. The summed E-state index contributed by atoms with van der Waals surface area (Å²) in [5.74, 6) is 0.807. The first-order valence-electron chi connectivity index (χ1n) is 11.3. The van der Waals surface area contributed by atoms with Gasteiger partial charge in [-0.25, -0.2) is 9.59 Å². The van der Waals surface area contributed by atoms with Crippen molar-refractivity contribution in [3.8, 4) is 11.5 Å².